The van der Waals surface area contributed by atoms with Crippen LogP contribution in [0.25, 0.3) is 5.57 Å². The Bertz CT molecular complexity index is 856. The molecule has 0 heterocycles. The maximum Gasteiger partial charge on any atom is 0 e. The molecule has 0 atom stereocenters. The third-order valence-corrected chi connectivity index (χ3v) is 5.09. The van der Waals surface area contributed by atoms with Crippen LogP contribution >= 0.6 is 8.20 Å². The van der Waals surface area contributed by atoms with Gasteiger partial charge in [0, 0.05) is 26.2 Å². The molecular weight excluding hydrogens is 483 g/mol. The Hall–Kier alpha value is -2.20. The zero-order valence-electron chi connectivity index (χ0n) is 19.1. The van der Waals surface area contributed by atoms with Gasteiger partial charge < -0.3 is 44.3 Å². The summed E-state index contributed by atoms with van der Waals surface area (Å²) >= 11 is 0. The van der Waals surface area contributed by atoms with Crippen LogP contribution in [0.4, 0.5) is 0 Å². The van der Waals surface area contributed by atoms with Crippen molar-refractivity contribution in [2.45, 2.75) is 20.8 Å². The molecule has 0 unspecified atom stereocenters. The minimum absolute atomic E-state index is 0. The molecule has 0 saturated carbocycles. The van der Waals surface area contributed by atoms with E-state index in [1.807, 2.05) is 60.7 Å². The van der Waals surface area contributed by atoms with Gasteiger partial charge in [-0.25, -0.2) is 24.4 Å². The molecule has 0 spiro atoms. The van der Waals surface area contributed by atoms with Gasteiger partial charge in [0.05, 0.1) is 0 Å². The van der Waals surface area contributed by atoms with E-state index >= 15 is 0 Å². The van der Waals surface area contributed by atoms with Crippen molar-refractivity contribution in [3.05, 3.63) is 145 Å². The van der Waals surface area contributed by atoms with Gasteiger partial charge in [-0.15, -0.1) is 0 Å². The Morgan fingerprint density at radius 3 is 1.53 bits per heavy atom. The van der Waals surface area contributed by atoms with Gasteiger partial charge in [0.1, 0.15) is 0 Å². The molecule has 2 heteroatoms. The molecule has 0 nitrogen and oxygen atoms in total. The molecule has 4 rings (SSSR count). The minimum Gasteiger partial charge on any atom is -0.748 e. The fourth-order valence-corrected chi connectivity index (χ4v) is 3.26. The van der Waals surface area contributed by atoms with Crippen LogP contribution in [0.15, 0.2) is 127 Å². The zero-order valence-corrected chi connectivity index (χ0v) is 22.5. The van der Waals surface area contributed by atoms with Crippen molar-refractivity contribution in [2.24, 2.45) is 5.41 Å². The van der Waals surface area contributed by atoms with Crippen LogP contribution in [0.5, 0.6) is 0 Å². The average molecular weight is 514 g/mol. The molecule has 4 aromatic carbocycles. The van der Waals surface area contributed by atoms with Crippen LogP contribution in [-0.4, -0.2) is 5.80 Å². The van der Waals surface area contributed by atoms with Crippen LogP contribution in [0.2, 0.25) is 0 Å². The summed E-state index contributed by atoms with van der Waals surface area (Å²) in [6, 6.07) is 41.0. The van der Waals surface area contributed by atoms with Gasteiger partial charge in [-0.2, -0.15) is 29.2 Å². The van der Waals surface area contributed by atoms with Gasteiger partial charge in [-0.05, 0) is 0 Å². The normalized spacial score (nSPS) is 9.97. The Kier molecular flexibility index (Phi) is 14.3. The minimum atomic E-state index is 0. The summed E-state index contributed by atoms with van der Waals surface area (Å²) in [5, 5.41) is 0. The van der Waals surface area contributed by atoms with Crippen LogP contribution in [0, 0.1) is 11.6 Å². The second-order valence-corrected chi connectivity index (χ2v) is 8.66. The second-order valence-electron chi connectivity index (χ2n) is 7.88. The first-order valence-corrected chi connectivity index (χ1v) is 11.5. The zero-order chi connectivity index (χ0) is 22.2. The molecule has 32 heavy (non-hydrogen) atoms. The first-order valence-electron chi connectivity index (χ1n) is 10.5. The molecule has 168 valence electrons. The average Bonchev–Trinajstić information content (AvgIpc) is 3.53. The van der Waals surface area contributed by atoms with Gasteiger partial charge in [0.25, 0.3) is 0 Å². The van der Waals surface area contributed by atoms with E-state index < -0.39 is 0 Å². The van der Waals surface area contributed by atoms with E-state index in [0.29, 0.717) is 0 Å². The van der Waals surface area contributed by atoms with Crippen molar-refractivity contribution in [1.82, 2.24) is 0 Å². The Labute approximate surface area is 215 Å². The van der Waals surface area contributed by atoms with Crippen LogP contribution in [-0.2, 0) is 26.2 Å². The predicted octanol–water partition coefficient (Wildman–Crippen LogP) is 8.76. The number of hydrogen-bond donors (Lipinski definition) is 0. The third kappa shape index (κ3) is 12.6. The largest absolute Gasteiger partial charge is 0.748 e. The standard InChI is InChI=1S/C20H21P.2C5H5.Zr/c1-20(2,3)16-21-15-14-19(17-10-6-4-7-11-17)18-12-8-5-9-13-18;2*1-2-4-5-3-1;/h4-15H,1-3H3;2*1-5H;/q-2;-5;-1;. The molecule has 0 amide bonds. The molecule has 4 aromatic rings. The van der Waals surface area contributed by atoms with E-state index in [4.69, 9.17) is 0 Å². The Balaban J connectivity index is 0.000000379. The quantitative estimate of drug-likeness (QED) is 0.189. The topological polar surface area (TPSA) is 0 Å². The van der Waals surface area contributed by atoms with Crippen molar-refractivity contribution >= 4 is 19.6 Å². The summed E-state index contributed by atoms with van der Waals surface area (Å²) in [5.74, 6) is 3.45. The Morgan fingerprint density at radius 2 is 1.19 bits per heavy atom. The molecule has 0 aliphatic rings. The number of allylic oxidation sites excluding steroid dienone is 1. The number of benzene rings is 2. The van der Waals surface area contributed by atoms with Crippen molar-refractivity contribution in [3.8, 4) is 0 Å². The molecule has 0 N–H and O–H groups in total. The molecule has 0 radical (unpaired) electrons. The molecule has 0 bridgehead atoms. The molecule has 0 saturated heterocycles. The van der Waals surface area contributed by atoms with Crippen molar-refractivity contribution < 1.29 is 26.2 Å². The van der Waals surface area contributed by atoms with E-state index in [9.17, 15) is 0 Å². The van der Waals surface area contributed by atoms with Gasteiger partial charge in [0.15, 0.2) is 0 Å². The van der Waals surface area contributed by atoms with Crippen LogP contribution in [0.3, 0.4) is 0 Å². The van der Waals surface area contributed by atoms with Crippen molar-refractivity contribution in [2.75, 3.05) is 0 Å². The van der Waals surface area contributed by atoms with Crippen molar-refractivity contribution in [3.63, 3.8) is 0 Å². The Morgan fingerprint density at radius 1 is 0.750 bits per heavy atom. The molecule has 0 aliphatic carbocycles. The first-order chi connectivity index (χ1) is 15.1. The van der Waals surface area contributed by atoms with Gasteiger partial charge in [0.2, 0.25) is 0 Å². The molecule has 0 aliphatic heterocycles. The van der Waals surface area contributed by atoms with Crippen molar-refractivity contribution in [1.29, 1.82) is 0 Å². The summed E-state index contributed by atoms with van der Waals surface area (Å²) in [6.07, 6.45) is 4.37. The van der Waals surface area contributed by atoms with Gasteiger partial charge in [-0.3, -0.25) is 0 Å². The van der Waals surface area contributed by atoms with E-state index in [0.717, 1.165) is 8.20 Å². The van der Waals surface area contributed by atoms with Gasteiger partial charge >= 0.3 is 0 Å². The predicted molar refractivity (Wildman–Crippen MR) is 140 cm³/mol. The summed E-state index contributed by atoms with van der Waals surface area (Å²) in [6.45, 7) is 6.52. The fourth-order valence-electron chi connectivity index (χ4n) is 2.58. The number of hydrogen-bond acceptors (Lipinski definition) is 0. The van der Waals surface area contributed by atoms with Gasteiger partial charge in [-0.1, -0.05) is 92.6 Å². The van der Waals surface area contributed by atoms with E-state index in [1.165, 1.54) is 16.7 Å². The smallest absolute Gasteiger partial charge is 0 e. The monoisotopic (exact) mass is 512 g/mol. The molecule has 0 aromatic heterocycles. The van der Waals surface area contributed by atoms with Crippen LogP contribution < -0.4 is 0 Å². The SMILES string of the molecule is CC(C)(C)[C-]=P[CH-]C=C(c1ccccc1)c1ccccc1.[Zr].[cH-]1[cH-][cH-][cH-][cH-]1.c1cc[cH-]c1. The third-order valence-electron chi connectivity index (χ3n) is 4.00. The van der Waals surface area contributed by atoms with Crippen LogP contribution in [0.1, 0.15) is 31.9 Å². The molecular formula is C30H31PZr-8. The first kappa shape index (κ1) is 27.8. The molecule has 0 fully saturated rings. The second kappa shape index (κ2) is 16.4. The van der Waals surface area contributed by atoms with E-state index in [1.54, 1.807) is 0 Å². The maximum absolute atomic E-state index is 3.45. The summed E-state index contributed by atoms with van der Waals surface area (Å²) < 4.78 is 0. The summed E-state index contributed by atoms with van der Waals surface area (Å²) in [7, 11) is 1.12. The van der Waals surface area contributed by atoms with E-state index in [-0.39, 0.29) is 31.6 Å². The fraction of sp³-hybridized carbons (Fsp3) is 0.133. The maximum atomic E-state index is 3.45. The summed E-state index contributed by atoms with van der Waals surface area (Å²) in [4.78, 5) is 0. The van der Waals surface area contributed by atoms with E-state index in [2.05, 4.69) is 99.5 Å². The number of rotatable bonds is 4. The summed E-state index contributed by atoms with van der Waals surface area (Å²) in [5.41, 5.74) is 3.86.